The van der Waals surface area contributed by atoms with Crippen LogP contribution in [0, 0.1) is 6.92 Å². The number of aryl methyl sites for hydroxylation is 1. The first-order chi connectivity index (χ1) is 10.2. The van der Waals surface area contributed by atoms with Gasteiger partial charge in [-0.1, -0.05) is 31.0 Å². The van der Waals surface area contributed by atoms with Gasteiger partial charge in [-0.3, -0.25) is 9.69 Å². The molecule has 1 saturated carbocycles. The van der Waals surface area contributed by atoms with E-state index in [2.05, 4.69) is 4.90 Å². The Morgan fingerprint density at radius 2 is 2.00 bits per heavy atom. The molecule has 0 spiro atoms. The van der Waals surface area contributed by atoms with Crippen molar-refractivity contribution >= 4 is 5.97 Å². The minimum Gasteiger partial charge on any atom is -0.492 e. The van der Waals surface area contributed by atoms with Crippen molar-refractivity contribution in [2.45, 2.75) is 38.6 Å². The summed E-state index contributed by atoms with van der Waals surface area (Å²) >= 11 is 0. The van der Waals surface area contributed by atoms with Gasteiger partial charge in [-0.05, 0) is 31.4 Å². The third-order valence-electron chi connectivity index (χ3n) is 4.13. The fraction of sp³-hybridized carbons (Fsp3) is 0.588. The Bertz CT molecular complexity index is 455. The number of para-hydroxylation sites is 1. The van der Waals surface area contributed by atoms with Crippen molar-refractivity contribution in [1.82, 2.24) is 4.90 Å². The Kier molecular flexibility index (Phi) is 6.05. The highest BCUT2D eigenvalue weighted by molar-refractivity contribution is 5.71. The fourth-order valence-corrected chi connectivity index (χ4v) is 2.88. The molecule has 0 aliphatic heterocycles. The number of nitrogens with zero attached hydrogens (tertiary/aromatic N) is 1. The zero-order chi connectivity index (χ0) is 15.1. The smallest absolute Gasteiger partial charge is 0.319 e. The SMILES string of the molecule is COC(=O)CN(CCOc1ccccc1C)C1CCCC1. The molecule has 116 valence electrons. The van der Waals surface area contributed by atoms with Gasteiger partial charge in [0.15, 0.2) is 0 Å². The van der Waals surface area contributed by atoms with Crippen LogP contribution in [0.4, 0.5) is 0 Å². The van der Waals surface area contributed by atoms with E-state index in [1.807, 2.05) is 31.2 Å². The van der Waals surface area contributed by atoms with Crippen LogP contribution in [0.1, 0.15) is 31.2 Å². The van der Waals surface area contributed by atoms with Crippen molar-refractivity contribution in [3.63, 3.8) is 0 Å². The molecule has 1 aliphatic carbocycles. The summed E-state index contributed by atoms with van der Waals surface area (Å²) in [4.78, 5) is 13.8. The molecule has 4 nitrogen and oxygen atoms in total. The average molecular weight is 291 g/mol. The second kappa shape index (κ2) is 8.03. The molecule has 0 unspecified atom stereocenters. The first-order valence-electron chi connectivity index (χ1n) is 7.70. The maximum atomic E-state index is 11.6. The van der Waals surface area contributed by atoms with E-state index < -0.39 is 0 Å². The van der Waals surface area contributed by atoms with Crippen LogP contribution in [0.25, 0.3) is 0 Å². The molecule has 1 aliphatic rings. The summed E-state index contributed by atoms with van der Waals surface area (Å²) in [7, 11) is 1.44. The molecule has 0 aromatic heterocycles. The highest BCUT2D eigenvalue weighted by atomic mass is 16.5. The Morgan fingerprint density at radius 1 is 1.29 bits per heavy atom. The molecular weight excluding hydrogens is 266 g/mol. The molecule has 0 radical (unpaired) electrons. The number of methoxy groups -OCH3 is 1. The van der Waals surface area contributed by atoms with Crippen molar-refractivity contribution in [1.29, 1.82) is 0 Å². The molecule has 1 aromatic rings. The number of hydrogen-bond acceptors (Lipinski definition) is 4. The number of esters is 1. The molecule has 4 heteroatoms. The quantitative estimate of drug-likeness (QED) is 0.724. The van der Waals surface area contributed by atoms with Crippen molar-refractivity contribution in [3.05, 3.63) is 29.8 Å². The van der Waals surface area contributed by atoms with Crippen molar-refractivity contribution < 1.29 is 14.3 Å². The monoisotopic (exact) mass is 291 g/mol. The molecule has 21 heavy (non-hydrogen) atoms. The predicted octanol–water partition coefficient (Wildman–Crippen LogP) is 2.79. The first-order valence-corrected chi connectivity index (χ1v) is 7.70. The number of rotatable bonds is 7. The molecule has 0 saturated heterocycles. The number of hydrogen-bond donors (Lipinski definition) is 0. The molecule has 0 bridgehead atoms. The lowest BCUT2D eigenvalue weighted by Crippen LogP contribution is -2.40. The van der Waals surface area contributed by atoms with E-state index in [1.54, 1.807) is 0 Å². The van der Waals surface area contributed by atoms with Gasteiger partial charge in [0.25, 0.3) is 0 Å². The Labute approximate surface area is 127 Å². The van der Waals surface area contributed by atoms with Crippen LogP contribution in [-0.4, -0.2) is 43.7 Å². The van der Waals surface area contributed by atoms with Gasteiger partial charge in [0.05, 0.1) is 13.7 Å². The van der Waals surface area contributed by atoms with E-state index >= 15 is 0 Å². The zero-order valence-corrected chi connectivity index (χ0v) is 13.0. The summed E-state index contributed by atoms with van der Waals surface area (Å²) in [6, 6.07) is 8.49. The van der Waals surface area contributed by atoms with Gasteiger partial charge in [-0.2, -0.15) is 0 Å². The van der Waals surface area contributed by atoms with Gasteiger partial charge in [-0.25, -0.2) is 0 Å². The van der Waals surface area contributed by atoms with Crippen molar-refractivity contribution in [2.24, 2.45) is 0 Å². The number of carbonyl (C=O) groups is 1. The summed E-state index contributed by atoms with van der Waals surface area (Å²) in [6.45, 7) is 3.75. The van der Waals surface area contributed by atoms with Gasteiger partial charge in [-0.15, -0.1) is 0 Å². The highest BCUT2D eigenvalue weighted by Crippen LogP contribution is 2.23. The number of carbonyl (C=O) groups excluding carboxylic acids is 1. The minimum atomic E-state index is -0.169. The molecule has 0 heterocycles. The highest BCUT2D eigenvalue weighted by Gasteiger charge is 2.24. The molecular formula is C17H25NO3. The predicted molar refractivity (Wildman–Crippen MR) is 82.5 cm³/mol. The first kappa shape index (κ1) is 15.8. The molecule has 0 atom stereocenters. The summed E-state index contributed by atoms with van der Waals surface area (Å²) < 4.78 is 10.7. The van der Waals surface area contributed by atoms with Crippen molar-refractivity contribution in [3.8, 4) is 5.75 Å². The van der Waals surface area contributed by atoms with Crippen LogP contribution in [-0.2, 0) is 9.53 Å². The summed E-state index contributed by atoms with van der Waals surface area (Å²) in [5.74, 6) is 0.750. The Hall–Kier alpha value is -1.55. The van der Waals surface area contributed by atoms with Gasteiger partial charge >= 0.3 is 5.97 Å². The third kappa shape index (κ3) is 4.74. The van der Waals surface area contributed by atoms with E-state index in [9.17, 15) is 4.79 Å². The lowest BCUT2D eigenvalue weighted by molar-refractivity contribution is -0.142. The maximum absolute atomic E-state index is 11.6. The van der Waals surface area contributed by atoms with Crippen LogP contribution in [0.2, 0.25) is 0 Å². The summed E-state index contributed by atoms with van der Waals surface area (Å²) in [5.41, 5.74) is 1.14. The minimum absolute atomic E-state index is 0.169. The lowest BCUT2D eigenvalue weighted by atomic mass is 10.2. The molecule has 0 amide bonds. The maximum Gasteiger partial charge on any atom is 0.319 e. The van der Waals surface area contributed by atoms with E-state index in [0.717, 1.165) is 17.9 Å². The average Bonchev–Trinajstić information content (AvgIpc) is 3.02. The molecule has 1 fully saturated rings. The largest absolute Gasteiger partial charge is 0.492 e. The van der Waals surface area contributed by atoms with Crippen LogP contribution in [0.5, 0.6) is 5.75 Å². The standard InChI is InChI=1S/C17H25NO3/c1-14-7-3-6-10-16(14)21-12-11-18(13-17(19)20-2)15-8-4-5-9-15/h3,6-7,10,15H,4-5,8-9,11-13H2,1-2H3. The molecule has 0 N–H and O–H groups in total. The molecule has 1 aromatic carbocycles. The van der Waals surface area contributed by atoms with Crippen LogP contribution in [0.15, 0.2) is 24.3 Å². The summed E-state index contributed by atoms with van der Waals surface area (Å²) in [5, 5.41) is 0. The molecule has 2 rings (SSSR count). The zero-order valence-electron chi connectivity index (χ0n) is 13.0. The fourth-order valence-electron chi connectivity index (χ4n) is 2.88. The van der Waals surface area contributed by atoms with Gasteiger partial charge in [0.2, 0.25) is 0 Å². The van der Waals surface area contributed by atoms with E-state index in [1.165, 1.54) is 32.8 Å². The van der Waals surface area contributed by atoms with Crippen LogP contribution < -0.4 is 4.74 Å². The van der Waals surface area contributed by atoms with E-state index in [4.69, 9.17) is 9.47 Å². The van der Waals surface area contributed by atoms with Gasteiger partial charge in [0.1, 0.15) is 12.4 Å². The second-order valence-corrected chi connectivity index (χ2v) is 5.60. The lowest BCUT2D eigenvalue weighted by Gasteiger charge is -2.27. The Morgan fingerprint density at radius 3 is 2.67 bits per heavy atom. The second-order valence-electron chi connectivity index (χ2n) is 5.60. The van der Waals surface area contributed by atoms with E-state index in [-0.39, 0.29) is 5.97 Å². The van der Waals surface area contributed by atoms with Crippen LogP contribution >= 0.6 is 0 Å². The van der Waals surface area contributed by atoms with E-state index in [0.29, 0.717) is 19.2 Å². The van der Waals surface area contributed by atoms with Gasteiger partial charge in [0, 0.05) is 12.6 Å². The third-order valence-corrected chi connectivity index (χ3v) is 4.13. The van der Waals surface area contributed by atoms with Crippen molar-refractivity contribution in [2.75, 3.05) is 26.8 Å². The summed E-state index contributed by atoms with van der Waals surface area (Å²) in [6.07, 6.45) is 4.84. The Balaban J connectivity index is 1.86. The van der Waals surface area contributed by atoms with Crippen LogP contribution in [0.3, 0.4) is 0 Å². The van der Waals surface area contributed by atoms with Gasteiger partial charge < -0.3 is 9.47 Å². The normalized spacial score (nSPS) is 15.4. The number of ether oxygens (including phenoxy) is 2. The number of benzene rings is 1. The topological polar surface area (TPSA) is 38.8 Å².